The molecule has 1 aromatic rings. The Bertz CT molecular complexity index is 633. The summed E-state index contributed by atoms with van der Waals surface area (Å²) < 4.78 is 26.8. The zero-order chi connectivity index (χ0) is 15.8. The average molecular weight is 311 g/mol. The molecule has 0 amide bonds. The molecule has 21 heavy (non-hydrogen) atoms. The van der Waals surface area contributed by atoms with Crippen molar-refractivity contribution in [3.8, 4) is 0 Å². The minimum atomic E-state index is -3.78. The normalized spacial score (nSPS) is 24.0. The average Bonchev–Trinajstić information content (AvgIpc) is 2.36. The van der Waals surface area contributed by atoms with Gasteiger partial charge in [-0.1, -0.05) is 13.0 Å². The Morgan fingerprint density at radius 1 is 1.24 bits per heavy atom. The molecule has 0 spiro atoms. The van der Waals surface area contributed by atoms with Crippen molar-refractivity contribution in [3.05, 3.63) is 29.3 Å². The van der Waals surface area contributed by atoms with Crippen molar-refractivity contribution in [2.45, 2.75) is 44.6 Å². The summed E-state index contributed by atoms with van der Waals surface area (Å²) in [6.45, 7) is 5.72. The molecule has 0 aromatic heterocycles. The summed E-state index contributed by atoms with van der Waals surface area (Å²) in [5, 5.41) is 9.39. The minimum Gasteiger partial charge on any atom is -0.480 e. The first-order valence-electron chi connectivity index (χ1n) is 7.06. The number of piperidine rings is 1. The second-order valence-electron chi connectivity index (χ2n) is 5.84. The third-order valence-corrected chi connectivity index (χ3v) is 5.80. The number of nitrogens with zero attached hydrogens (tertiary/aromatic N) is 1. The highest BCUT2D eigenvalue weighted by Crippen LogP contribution is 2.30. The van der Waals surface area contributed by atoms with Crippen molar-refractivity contribution in [2.24, 2.45) is 5.92 Å². The molecule has 0 bridgehead atoms. The molecule has 0 aliphatic carbocycles. The molecule has 1 saturated heterocycles. The number of benzene rings is 1. The first-order chi connectivity index (χ1) is 9.73. The van der Waals surface area contributed by atoms with Crippen LogP contribution in [0, 0.1) is 19.8 Å². The van der Waals surface area contributed by atoms with Crippen LogP contribution >= 0.6 is 0 Å². The van der Waals surface area contributed by atoms with Crippen molar-refractivity contribution in [1.29, 1.82) is 0 Å². The van der Waals surface area contributed by atoms with Gasteiger partial charge in [-0.05, 0) is 55.9 Å². The zero-order valence-electron chi connectivity index (χ0n) is 12.5. The summed E-state index contributed by atoms with van der Waals surface area (Å²) in [7, 11) is -3.78. The number of aliphatic carboxylic acids is 1. The van der Waals surface area contributed by atoms with Gasteiger partial charge in [0, 0.05) is 6.54 Å². The van der Waals surface area contributed by atoms with Gasteiger partial charge in [-0.2, -0.15) is 4.31 Å². The lowest BCUT2D eigenvalue weighted by atomic mass is 9.93. The topological polar surface area (TPSA) is 74.7 Å². The van der Waals surface area contributed by atoms with Gasteiger partial charge >= 0.3 is 5.97 Å². The Hall–Kier alpha value is -1.40. The molecule has 6 heteroatoms. The van der Waals surface area contributed by atoms with Gasteiger partial charge in [-0.25, -0.2) is 8.42 Å². The highest BCUT2D eigenvalue weighted by atomic mass is 32.2. The van der Waals surface area contributed by atoms with Crippen LogP contribution in [0.2, 0.25) is 0 Å². The molecule has 1 heterocycles. The van der Waals surface area contributed by atoms with Gasteiger partial charge in [0.1, 0.15) is 6.04 Å². The fourth-order valence-corrected chi connectivity index (χ4v) is 4.91. The molecule has 116 valence electrons. The SMILES string of the molecule is Cc1cc(C)cc(S(=O)(=O)N2CCCC(C)C2C(=O)O)c1. The first kappa shape index (κ1) is 16.0. The number of hydrogen-bond donors (Lipinski definition) is 1. The summed E-state index contributed by atoms with van der Waals surface area (Å²) in [5.41, 5.74) is 1.70. The van der Waals surface area contributed by atoms with E-state index in [1.165, 1.54) is 0 Å². The molecule has 1 N–H and O–H groups in total. The number of carboxylic acids is 1. The van der Waals surface area contributed by atoms with Crippen LogP contribution in [0.25, 0.3) is 0 Å². The van der Waals surface area contributed by atoms with E-state index in [0.29, 0.717) is 6.42 Å². The zero-order valence-corrected chi connectivity index (χ0v) is 13.4. The van der Waals surface area contributed by atoms with Gasteiger partial charge in [0.15, 0.2) is 0 Å². The second-order valence-corrected chi connectivity index (χ2v) is 7.73. The molecule has 0 radical (unpaired) electrons. The predicted octanol–water partition coefficient (Wildman–Crippen LogP) is 2.18. The Balaban J connectivity index is 2.48. The number of aryl methyl sites for hydroxylation is 2. The van der Waals surface area contributed by atoms with E-state index in [2.05, 4.69) is 0 Å². The number of hydrogen-bond acceptors (Lipinski definition) is 3. The third kappa shape index (κ3) is 3.11. The summed E-state index contributed by atoms with van der Waals surface area (Å²) in [6, 6.07) is 4.11. The van der Waals surface area contributed by atoms with Gasteiger partial charge in [0.05, 0.1) is 4.90 Å². The van der Waals surface area contributed by atoms with Crippen molar-refractivity contribution in [1.82, 2.24) is 4.31 Å². The van der Waals surface area contributed by atoms with Gasteiger partial charge in [0.25, 0.3) is 0 Å². The lowest BCUT2D eigenvalue weighted by molar-refractivity contribution is -0.144. The van der Waals surface area contributed by atoms with Gasteiger partial charge in [-0.15, -0.1) is 0 Å². The number of sulfonamides is 1. The Morgan fingerprint density at radius 2 is 1.81 bits per heavy atom. The van der Waals surface area contributed by atoms with E-state index in [4.69, 9.17) is 0 Å². The summed E-state index contributed by atoms with van der Waals surface area (Å²) in [5.74, 6) is -1.26. The number of rotatable bonds is 3. The van der Waals surface area contributed by atoms with Crippen LogP contribution in [0.15, 0.2) is 23.1 Å². The molecule has 1 aromatic carbocycles. The van der Waals surface area contributed by atoms with E-state index in [-0.39, 0.29) is 17.4 Å². The molecule has 2 unspecified atom stereocenters. The van der Waals surface area contributed by atoms with Gasteiger partial charge in [0.2, 0.25) is 10.0 Å². The minimum absolute atomic E-state index is 0.181. The van der Waals surface area contributed by atoms with Crippen LogP contribution in [0.1, 0.15) is 30.9 Å². The molecular weight excluding hydrogens is 290 g/mol. The molecule has 2 atom stereocenters. The van der Waals surface area contributed by atoms with Gasteiger partial charge in [-0.3, -0.25) is 4.79 Å². The first-order valence-corrected chi connectivity index (χ1v) is 8.50. The Kier molecular flexibility index (Phi) is 4.39. The van der Waals surface area contributed by atoms with Crippen LogP contribution in [0.4, 0.5) is 0 Å². The molecule has 1 aliphatic heterocycles. The van der Waals surface area contributed by atoms with E-state index in [9.17, 15) is 18.3 Å². The van der Waals surface area contributed by atoms with Crippen LogP contribution in [0.3, 0.4) is 0 Å². The molecule has 1 aliphatic rings. The summed E-state index contributed by atoms with van der Waals surface area (Å²) >= 11 is 0. The molecule has 0 saturated carbocycles. The lowest BCUT2D eigenvalue weighted by Gasteiger charge is -2.36. The second kappa shape index (κ2) is 5.77. The van der Waals surface area contributed by atoms with E-state index in [1.807, 2.05) is 19.9 Å². The number of carboxylic acid groups (broad SMARTS) is 1. The third-order valence-electron chi connectivity index (χ3n) is 3.94. The van der Waals surface area contributed by atoms with Crippen molar-refractivity contribution in [2.75, 3.05) is 6.54 Å². The standard InChI is InChI=1S/C15H21NO4S/c1-10-7-11(2)9-13(8-10)21(19,20)16-6-4-5-12(3)14(16)15(17)18/h7-9,12,14H,4-6H2,1-3H3,(H,17,18). The molecule has 5 nitrogen and oxygen atoms in total. The van der Waals surface area contributed by atoms with Crippen molar-refractivity contribution >= 4 is 16.0 Å². The highest BCUT2D eigenvalue weighted by molar-refractivity contribution is 7.89. The fraction of sp³-hybridized carbons (Fsp3) is 0.533. The monoisotopic (exact) mass is 311 g/mol. The lowest BCUT2D eigenvalue weighted by Crippen LogP contribution is -2.51. The van der Waals surface area contributed by atoms with Crippen LogP contribution < -0.4 is 0 Å². The van der Waals surface area contributed by atoms with E-state index in [0.717, 1.165) is 21.9 Å². The molecular formula is C15H21NO4S. The maximum Gasteiger partial charge on any atom is 0.322 e. The summed E-state index contributed by atoms with van der Waals surface area (Å²) in [4.78, 5) is 11.7. The number of carbonyl (C=O) groups is 1. The largest absolute Gasteiger partial charge is 0.480 e. The fourth-order valence-electron chi connectivity index (χ4n) is 3.00. The van der Waals surface area contributed by atoms with Gasteiger partial charge < -0.3 is 5.11 Å². The molecule has 1 fully saturated rings. The van der Waals surface area contributed by atoms with Crippen LogP contribution in [-0.2, 0) is 14.8 Å². The van der Waals surface area contributed by atoms with Crippen LogP contribution in [-0.4, -0.2) is 36.4 Å². The van der Waals surface area contributed by atoms with E-state index >= 15 is 0 Å². The highest BCUT2D eigenvalue weighted by Gasteiger charge is 2.41. The molecule has 2 rings (SSSR count). The summed E-state index contributed by atoms with van der Waals surface area (Å²) in [6.07, 6.45) is 1.42. The van der Waals surface area contributed by atoms with E-state index in [1.54, 1.807) is 19.1 Å². The van der Waals surface area contributed by atoms with Crippen molar-refractivity contribution in [3.63, 3.8) is 0 Å². The Labute approximate surface area is 125 Å². The predicted molar refractivity (Wildman–Crippen MR) is 79.6 cm³/mol. The quantitative estimate of drug-likeness (QED) is 0.928. The smallest absolute Gasteiger partial charge is 0.322 e. The maximum absolute atomic E-state index is 12.8. The van der Waals surface area contributed by atoms with Crippen molar-refractivity contribution < 1.29 is 18.3 Å². The van der Waals surface area contributed by atoms with Crippen LogP contribution in [0.5, 0.6) is 0 Å². The Morgan fingerprint density at radius 3 is 2.33 bits per heavy atom. The van der Waals surface area contributed by atoms with E-state index < -0.39 is 22.0 Å². The maximum atomic E-state index is 12.8.